The molecule has 348 valence electrons. The van der Waals surface area contributed by atoms with Crippen molar-refractivity contribution in [2.45, 2.75) is 217 Å². The Hall–Kier alpha value is -2.19. The average molecular weight is 873 g/mol. The van der Waals surface area contributed by atoms with Gasteiger partial charge in [0.25, 0.3) is 0 Å². The average Bonchev–Trinajstić information content (AvgIpc) is 3.23. The number of aliphatic hydroxyl groups is 5. The molecule has 0 spiro atoms. The van der Waals surface area contributed by atoms with E-state index in [1.165, 1.54) is 70.6 Å². The minimum absolute atomic E-state index is 0.0593. The summed E-state index contributed by atoms with van der Waals surface area (Å²) in [5, 5.41) is 50.1. The van der Waals surface area contributed by atoms with Crippen LogP contribution >= 0.6 is 7.82 Å². The quantitative estimate of drug-likeness (QED) is 0.0149. The van der Waals surface area contributed by atoms with Gasteiger partial charge in [0.1, 0.15) is 43.2 Å². The summed E-state index contributed by atoms with van der Waals surface area (Å²) in [6.45, 7) is 3.23. The lowest BCUT2D eigenvalue weighted by Gasteiger charge is -2.41. The van der Waals surface area contributed by atoms with Gasteiger partial charge in [-0.15, -0.1) is 0 Å². The highest BCUT2D eigenvalue weighted by atomic mass is 31.2. The van der Waals surface area contributed by atoms with Crippen LogP contribution in [0.1, 0.15) is 174 Å². The van der Waals surface area contributed by atoms with E-state index in [9.17, 15) is 44.6 Å². The molecule has 1 saturated carbocycles. The van der Waals surface area contributed by atoms with E-state index < -0.39 is 75.7 Å². The summed E-state index contributed by atoms with van der Waals surface area (Å²) in [5.74, 6) is -1.14. The molecule has 0 radical (unpaired) electrons. The van der Waals surface area contributed by atoms with Gasteiger partial charge in [0, 0.05) is 12.8 Å². The Labute approximate surface area is 360 Å². The number of hydrogen-bond donors (Lipinski definition) is 6. The van der Waals surface area contributed by atoms with Crippen molar-refractivity contribution in [1.29, 1.82) is 0 Å². The second-order valence-electron chi connectivity index (χ2n) is 15.9. The first-order chi connectivity index (χ1) is 28.9. The van der Waals surface area contributed by atoms with E-state index >= 15 is 0 Å². The Morgan fingerprint density at radius 2 is 0.900 bits per heavy atom. The molecule has 8 atom stereocenters. The van der Waals surface area contributed by atoms with Gasteiger partial charge in [0.05, 0.1) is 6.61 Å². The largest absolute Gasteiger partial charge is 0.472 e. The predicted molar refractivity (Wildman–Crippen MR) is 235 cm³/mol. The number of carbonyl (C=O) groups is 2. The van der Waals surface area contributed by atoms with E-state index in [0.29, 0.717) is 12.8 Å². The second-order valence-corrected chi connectivity index (χ2v) is 17.3. The van der Waals surface area contributed by atoms with Gasteiger partial charge in [-0.1, -0.05) is 152 Å². The molecule has 14 heteroatoms. The van der Waals surface area contributed by atoms with Crippen LogP contribution in [0.2, 0.25) is 0 Å². The van der Waals surface area contributed by atoms with Crippen LogP contribution in [0.15, 0.2) is 48.6 Å². The summed E-state index contributed by atoms with van der Waals surface area (Å²) in [7, 11) is -5.12. The van der Waals surface area contributed by atoms with Gasteiger partial charge in [0.15, 0.2) is 6.10 Å². The third kappa shape index (κ3) is 28.4. The monoisotopic (exact) mass is 873 g/mol. The molecular formula is C46H81O13P. The Morgan fingerprint density at radius 3 is 1.40 bits per heavy atom. The van der Waals surface area contributed by atoms with E-state index in [1.54, 1.807) is 0 Å². The molecule has 1 fully saturated rings. The number of esters is 2. The first-order valence-electron chi connectivity index (χ1n) is 22.9. The molecule has 0 heterocycles. The SMILES string of the molecule is CCCCC/C=C/C/C=C/C/C=C/C/C=C/CCCCCC(=O)O[C@H](COC(=O)CCCCCCCCCCCCCC)COP(=O)(O)OC1C(O)C(O)C(O)[C@H](O)C1O. The summed E-state index contributed by atoms with van der Waals surface area (Å²) in [5.41, 5.74) is 0. The standard InChI is InChI=1S/C46H81O13P/c1-3-5-7-9-11-13-15-17-18-19-20-21-22-23-25-27-29-31-33-35-40(48)58-38(36-56-39(47)34-32-30-28-26-24-16-14-12-10-8-6-4-2)37-57-60(54,55)59-46-44(52)42(50)41(49)43(51)45(46)53/h11,13,17-18,20-21,23,25,38,41-46,49-53H,3-10,12,14-16,19,22,24,26-37H2,1-2H3,(H,54,55)/b13-11+,18-17+,21-20+,25-23+/t38-,41?,42+,43?,44?,45?,46?/m1/s1. The van der Waals surface area contributed by atoms with Gasteiger partial charge in [-0.3, -0.25) is 18.6 Å². The summed E-state index contributed by atoms with van der Waals surface area (Å²) in [6, 6.07) is 0. The minimum Gasteiger partial charge on any atom is -0.462 e. The lowest BCUT2D eigenvalue weighted by Crippen LogP contribution is -2.64. The molecule has 1 rings (SSSR count). The van der Waals surface area contributed by atoms with E-state index in [1.807, 2.05) is 0 Å². The van der Waals surface area contributed by atoms with E-state index in [0.717, 1.165) is 64.2 Å². The second kappa shape index (κ2) is 36.3. The Balaban J connectivity index is 2.49. The van der Waals surface area contributed by atoms with Crippen LogP contribution in [0, 0.1) is 0 Å². The molecule has 60 heavy (non-hydrogen) atoms. The molecule has 6 N–H and O–H groups in total. The number of hydrogen-bond acceptors (Lipinski definition) is 12. The molecule has 0 aromatic rings. The normalized spacial score (nSPS) is 22.6. The maximum Gasteiger partial charge on any atom is 0.472 e. The molecule has 1 aliphatic carbocycles. The Kier molecular flexibility index (Phi) is 33.8. The Morgan fingerprint density at radius 1 is 0.517 bits per heavy atom. The van der Waals surface area contributed by atoms with Crippen molar-refractivity contribution in [1.82, 2.24) is 0 Å². The fourth-order valence-corrected chi connectivity index (χ4v) is 7.65. The zero-order valence-electron chi connectivity index (χ0n) is 36.7. The molecule has 0 bridgehead atoms. The van der Waals surface area contributed by atoms with Gasteiger partial charge >= 0.3 is 19.8 Å². The topological polar surface area (TPSA) is 210 Å². The number of phosphoric acid groups is 1. The number of phosphoric ester groups is 1. The first kappa shape index (κ1) is 55.8. The van der Waals surface area contributed by atoms with Crippen LogP contribution in [-0.4, -0.2) is 98.3 Å². The first-order valence-corrected chi connectivity index (χ1v) is 24.4. The van der Waals surface area contributed by atoms with Crippen LogP contribution in [0.25, 0.3) is 0 Å². The van der Waals surface area contributed by atoms with E-state index in [4.69, 9.17) is 18.5 Å². The molecule has 0 saturated heterocycles. The van der Waals surface area contributed by atoms with Crippen LogP contribution < -0.4 is 0 Å². The van der Waals surface area contributed by atoms with Crippen molar-refractivity contribution in [2.75, 3.05) is 13.2 Å². The molecule has 0 amide bonds. The number of ether oxygens (including phenoxy) is 2. The zero-order chi connectivity index (χ0) is 44.3. The van der Waals surface area contributed by atoms with Gasteiger partial charge in [-0.25, -0.2) is 4.57 Å². The predicted octanol–water partition coefficient (Wildman–Crippen LogP) is 8.78. The van der Waals surface area contributed by atoms with Crippen LogP contribution in [0.4, 0.5) is 0 Å². The van der Waals surface area contributed by atoms with E-state index in [2.05, 4.69) is 62.5 Å². The fraction of sp³-hybridized carbons (Fsp3) is 0.783. The van der Waals surface area contributed by atoms with Gasteiger partial charge in [0.2, 0.25) is 0 Å². The zero-order valence-corrected chi connectivity index (χ0v) is 37.6. The number of carbonyl (C=O) groups excluding carboxylic acids is 2. The van der Waals surface area contributed by atoms with Gasteiger partial charge in [-0.2, -0.15) is 0 Å². The summed E-state index contributed by atoms with van der Waals surface area (Å²) < 4.78 is 33.5. The van der Waals surface area contributed by atoms with Crippen molar-refractivity contribution < 1.29 is 63.1 Å². The maximum atomic E-state index is 12.8. The molecule has 0 aliphatic heterocycles. The minimum atomic E-state index is -5.12. The lowest BCUT2D eigenvalue weighted by molar-refractivity contribution is -0.220. The summed E-state index contributed by atoms with van der Waals surface area (Å²) >= 11 is 0. The highest BCUT2D eigenvalue weighted by molar-refractivity contribution is 7.47. The highest BCUT2D eigenvalue weighted by Gasteiger charge is 2.51. The van der Waals surface area contributed by atoms with Crippen LogP contribution in [0.3, 0.4) is 0 Å². The van der Waals surface area contributed by atoms with Crippen molar-refractivity contribution >= 4 is 19.8 Å². The number of aliphatic hydroxyl groups excluding tert-OH is 5. The molecule has 0 aromatic carbocycles. The fourth-order valence-electron chi connectivity index (χ4n) is 6.68. The van der Waals surface area contributed by atoms with Crippen molar-refractivity contribution in [3.63, 3.8) is 0 Å². The maximum absolute atomic E-state index is 12.8. The molecule has 0 aromatic heterocycles. The van der Waals surface area contributed by atoms with Gasteiger partial charge < -0.3 is 39.9 Å². The van der Waals surface area contributed by atoms with E-state index in [-0.39, 0.29) is 12.8 Å². The van der Waals surface area contributed by atoms with Crippen molar-refractivity contribution in [3.05, 3.63) is 48.6 Å². The van der Waals surface area contributed by atoms with Crippen molar-refractivity contribution in [2.24, 2.45) is 0 Å². The number of allylic oxidation sites excluding steroid dienone is 8. The Bertz CT molecular complexity index is 1240. The number of unbranched alkanes of at least 4 members (excludes halogenated alkanes) is 17. The smallest absolute Gasteiger partial charge is 0.462 e. The summed E-state index contributed by atoms with van der Waals surface area (Å²) in [6.07, 6.45) is 28.8. The molecule has 1 aliphatic rings. The molecular weight excluding hydrogens is 791 g/mol. The molecule has 6 unspecified atom stereocenters. The van der Waals surface area contributed by atoms with Crippen LogP contribution in [-0.2, 0) is 32.7 Å². The van der Waals surface area contributed by atoms with Gasteiger partial charge in [-0.05, 0) is 57.8 Å². The third-order valence-electron chi connectivity index (χ3n) is 10.4. The molecule has 13 nitrogen and oxygen atoms in total. The van der Waals surface area contributed by atoms with Crippen molar-refractivity contribution in [3.8, 4) is 0 Å². The highest BCUT2D eigenvalue weighted by Crippen LogP contribution is 2.47. The summed E-state index contributed by atoms with van der Waals surface area (Å²) in [4.78, 5) is 35.6. The third-order valence-corrected chi connectivity index (χ3v) is 11.4. The van der Waals surface area contributed by atoms with Crippen LogP contribution in [0.5, 0.6) is 0 Å². The number of rotatable bonds is 37. The lowest BCUT2D eigenvalue weighted by atomic mass is 9.85.